The summed E-state index contributed by atoms with van der Waals surface area (Å²) in [4.78, 5) is 11.4. The molecule has 0 saturated heterocycles. The van der Waals surface area contributed by atoms with Crippen LogP contribution in [0.25, 0.3) is 0 Å². The molecular weight excluding hydrogens is 295 g/mol. The average Bonchev–Trinajstić information content (AvgIpc) is 2.26. The molecule has 0 aliphatic rings. The molecule has 0 aliphatic heterocycles. The lowest BCUT2D eigenvalue weighted by molar-refractivity contribution is -0.274. The Hall–Kier alpha value is -1.88. The minimum atomic E-state index is -4.87. The lowest BCUT2D eigenvalue weighted by Crippen LogP contribution is -2.17. The van der Waals surface area contributed by atoms with Gasteiger partial charge in [0, 0.05) is 4.90 Å². The van der Waals surface area contributed by atoms with Crippen LogP contribution in [0.5, 0.6) is 5.75 Å². The zero-order chi connectivity index (χ0) is 15.3. The molecule has 8 heteroatoms. The largest absolute Gasteiger partial charge is 0.573 e. The molecule has 0 fully saturated rings. The van der Waals surface area contributed by atoms with E-state index in [-0.39, 0.29) is 29.1 Å². The van der Waals surface area contributed by atoms with Crippen molar-refractivity contribution in [3.63, 3.8) is 0 Å². The number of nitrogens with zero attached hydrogens (tertiary/aromatic N) is 1. The molecule has 0 spiro atoms. The first kappa shape index (κ1) is 16.2. The summed E-state index contributed by atoms with van der Waals surface area (Å²) in [5, 5.41) is 8.95. The second-order valence-corrected chi connectivity index (χ2v) is 4.10. The maximum absolute atomic E-state index is 12.2. The van der Waals surface area contributed by atoms with Gasteiger partial charge in [-0.2, -0.15) is 5.26 Å². The summed E-state index contributed by atoms with van der Waals surface area (Å²) in [6.07, 6.45) is -5.20. The molecule has 0 unspecified atom stereocenters. The number of carbonyl (C=O) groups excluding carboxylic acids is 1. The van der Waals surface area contributed by atoms with Crippen LogP contribution in [0, 0.1) is 11.3 Å². The second-order valence-electron chi connectivity index (χ2n) is 3.62. The molecule has 0 amide bonds. The van der Waals surface area contributed by atoms with E-state index in [9.17, 15) is 18.0 Å². The Kier molecular flexibility index (Phi) is 5.27. The van der Waals surface area contributed by atoms with Crippen LogP contribution < -0.4 is 4.74 Å². The predicted octanol–water partition coefficient (Wildman–Crippen LogP) is 2.85. The highest BCUT2D eigenvalue weighted by Gasteiger charge is 2.31. The summed E-state index contributed by atoms with van der Waals surface area (Å²) >= 11 is 3.92. The quantitative estimate of drug-likeness (QED) is 0.686. The minimum absolute atomic E-state index is 0.00597. The first-order valence-corrected chi connectivity index (χ1v) is 5.89. The molecular formula is C12H10F3NO3S. The van der Waals surface area contributed by atoms with E-state index in [0.717, 1.165) is 12.1 Å². The fourth-order valence-corrected chi connectivity index (χ4v) is 1.81. The topological polar surface area (TPSA) is 59.3 Å². The van der Waals surface area contributed by atoms with Crippen molar-refractivity contribution in [1.29, 1.82) is 5.26 Å². The van der Waals surface area contributed by atoms with Gasteiger partial charge in [-0.1, -0.05) is 0 Å². The molecule has 108 valence electrons. The van der Waals surface area contributed by atoms with Gasteiger partial charge in [0.15, 0.2) is 0 Å². The lowest BCUT2D eigenvalue weighted by Gasteiger charge is -2.12. The van der Waals surface area contributed by atoms with Crippen LogP contribution in [0.3, 0.4) is 0 Å². The van der Waals surface area contributed by atoms with Gasteiger partial charge in [-0.15, -0.1) is 25.8 Å². The number of nitriles is 1. The van der Waals surface area contributed by atoms with Crippen LogP contribution >= 0.6 is 12.6 Å². The van der Waals surface area contributed by atoms with E-state index in [0.29, 0.717) is 0 Å². The van der Waals surface area contributed by atoms with Crippen LogP contribution in [0.15, 0.2) is 17.0 Å². The van der Waals surface area contributed by atoms with E-state index in [1.54, 1.807) is 13.0 Å². The van der Waals surface area contributed by atoms with E-state index in [2.05, 4.69) is 22.1 Å². The fraction of sp³-hybridized carbons (Fsp3) is 0.333. The van der Waals surface area contributed by atoms with Crippen LogP contribution in [-0.4, -0.2) is 18.9 Å². The van der Waals surface area contributed by atoms with Crippen molar-refractivity contribution in [3.8, 4) is 11.8 Å². The van der Waals surface area contributed by atoms with E-state index in [1.165, 1.54) is 0 Å². The number of hydrogen-bond donors (Lipinski definition) is 1. The van der Waals surface area contributed by atoms with Crippen molar-refractivity contribution in [1.82, 2.24) is 0 Å². The molecule has 0 bridgehead atoms. The van der Waals surface area contributed by atoms with Crippen molar-refractivity contribution in [3.05, 3.63) is 23.3 Å². The maximum atomic E-state index is 12.2. The number of carbonyl (C=O) groups is 1. The Bertz CT molecular complexity index is 552. The number of esters is 1. The number of rotatable bonds is 4. The van der Waals surface area contributed by atoms with Crippen LogP contribution in [0.1, 0.15) is 18.1 Å². The van der Waals surface area contributed by atoms with Crippen LogP contribution in [0.2, 0.25) is 0 Å². The Morgan fingerprint density at radius 1 is 1.45 bits per heavy atom. The van der Waals surface area contributed by atoms with Gasteiger partial charge in [0.05, 0.1) is 18.6 Å². The Morgan fingerprint density at radius 3 is 2.60 bits per heavy atom. The highest BCUT2D eigenvalue weighted by molar-refractivity contribution is 7.80. The summed E-state index contributed by atoms with van der Waals surface area (Å²) in [6, 6.07) is 3.72. The third kappa shape index (κ3) is 4.66. The third-order valence-corrected chi connectivity index (χ3v) is 2.51. The van der Waals surface area contributed by atoms with Crippen molar-refractivity contribution in [2.45, 2.75) is 24.6 Å². The first-order chi connectivity index (χ1) is 9.26. The summed E-state index contributed by atoms with van der Waals surface area (Å²) < 4.78 is 44.9. The molecule has 0 radical (unpaired) electrons. The van der Waals surface area contributed by atoms with Gasteiger partial charge in [-0.05, 0) is 24.6 Å². The van der Waals surface area contributed by atoms with Crippen LogP contribution in [-0.2, 0) is 16.0 Å². The summed E-state index contributed by atoms with van der Waals surface area (Å²) in [5.74, 6) is -1.19. The highest BCUT2D eigenvalue weighted by Crippen LogP contribution is 2.29. The molecule has 1 rings (SSSR count). The number of thiol groups is 1. The van der Waals surface area contributed by atoms with Gasteiger partial charge in [-0.25, -0.2) is 0 Å². The van der Waals surface area contributed by atoms with Gasteiger partial charge >= 0.3 is 12.3 Å². The number of hydrogen-bond acceptors (Lipinski definition) is 5. The number of alkyl halides is 3. The monoisotopic (exact) mass is 305 g/mol. The van der Waals surface area contributed by atoms with E-state index < -0.39 is 18.1 Å². The van der Waals surface area contributed by atoms with Crippen molar-refractivity contribution in [2.75, 3.05) is 6.61 Å². The van der Waals surface area contributed by atoms with Gasteiger partial charge in [0.1, 0.15) is 11.8 Å². The minimum Gasteiger partial charge on any atom is -0.466 e. The average molecular weight is 305 g/mol. The standard InChI is InChI=1S/C12H10F3NO3S/c1-2-18-11(17)4-7-3-8(19-12(13,14)15)5-10(20)9(7)6-16/h3,5,20H,2,4H2,1H3. The summed E-state index contributed by atoms with van der Waals surface area (Å²) in [5.41, 5.74) is 0.0774. The first-order valence-electron chi connectivity index (χ1n) is 5.44. The fourth-order valence-electron chi connectivity index (χ4n) is 1.49. The van der Waals surface area contributed by atoms with Crippen molar-refractivity contribution < 1.29 is 27.4 Å². The number of halogens is 3. The molecule has 4 nitrogen and oxygen atoms in total. The van der Waals surface area contributed by atoms with Gasteiger partial charge < -0.3 is 9.47 Å². The van der Waals surface area contributed by atoms with E-state index in [1.807, 2.05) is 0 Å². The molecule has 1 aromatic rings. The maximum Gasteiger partial charge on any atom is 0.573 e. The molecule has 0 aromatic heterocycles. The van der Waals surface area contributed by atoms with Gasteiger partial charge in [0.2, 0.25) is 0 Å². The molecule has 0 saturated carbocycles. The predicted molar refractivity (Wildman–Crippen MR) is 65.4 cm³/mol. The van der Waals surface area contributed by atoms with Crippen molar-refractivity contribution >= 4 is 18.6 Å². The highest BCUT2D eigenvalue weighted by atomic mass is 32.1. The molecule has 0 heterocycles. The number of benzene rings is 1. The lowest BCUT2D eigenvalue weighted by atomic mass is 10.0. The smallest absolute Gasteiger partial charge is 0.466 e. The van der Waals surface area contributed by atoms with Crippen LogP contribution in [0.4, 0.5) is 13.2 Å². The SMILES string of the molecule is CCOC(=O)Cc1cc(OC(F)(F)F)cc(S)c1C#N. The normalized spacial score (nSPS) is 10.8. The summed E-state index contributed by atoms with van der Waals surface area (Å²) in [7, 11) is 0. The molecule has 1 aromatic carbocycles. The van der Waals surface area contributed by atoms with Gasteiger partial charge in [-0.3, -0.25) is 4.79 Å². The molecule has 0 N–H and O–H groups in total. The van der Waals surface area contributed by atoms with E-state index >= 15 is 0 Å². The van der Waals surface area contributed by atoms with Gasteiger partial charge in [0.25, 0.3) is 0 Å². The zero-order valence-corrected chi connectivity index (χ0v) is 11.2. The Morgan fingerprint density at radius 2 is 2.10 bits per heavy atom. The number of ether oxygens (including phenoxy) is 2. The second kappa shape index (κ2) is 6.52. The Balaban J connectivity index is 3.13. The molecule has 20 heavy (non-hydrogen) atoms. The Labute approximate surface area is 118 Å². The zero-order valence-electron chi connectivity index (χ0n) is 10.3. The molecule has 0 atom stereocenters. The summed E-state index contributed by atoms with van der Waals surface area (Å²) in [6.45, 7) is 1.73. The van der Waals surface area contributed by atoms with Crippen molar-refractivity contribution in [2.24, 2.45) is 0 Å². The van der Waals surface area contributed by atoms with E-state index in [4.69, 9.17) is 5.26 Å². The molecule has 0 aliphatic carbocycles. The third-order valence-electron chi connectivity index (χ3n) is 2.16.